The number of aromatic nitrogens is 2. The van der Waals surface area contributed by atoms with E-state index in [2.05, 4.69) is 4.98 Å². The van der Waals surface area contributed by atoms with Crippen molar-refractivity contribution in [1.82, 2.24) is 9.55 Å². The van der Waals surface area contributed by atoms with Crippen LogP contribution in [0.2, 0.25) is 0 Å². The van der Waals surface area contributed by atoms with Gasteiger partial charge in [-0.15, -0.1) is 0 Å². The Morgan fingerprint density at radius 3 is 2.90 bits per heavy atom. The van der Waals surface area contributed by atoms with Crippen LogP contribution in [-0.4, -0.2) is 14.7 Å². The van der Waals surface area contributed by atoms with Crippen LogP contribution in [0.1, 0.15) is 11.7 Å². The maximum Gasteiger partial charge on any atom is 0.421 e. The number of rotatable bonds is 3. The molecule has 1 atom stereocenters. The number of hydrogen-bond acceptors (Lipinski definition) is 4. The van der Waals surface area contributed by atoms with Crippen molar-refractivity contribution in [3.8, 4) is 0 Å². The third-order valence-electron chi connectivity index (χ3n) is 3.12. The fourth-order valence-corrected chi connectivity index (χ4v) is 2.11. The summed E-state index contributed by atoms with van der Waals surface area (Å²) in [6.07, 6.45) is 0.0596. The Bertz CT molecular complexity index is 857. The van der Waals surface area contributed by atoms with E-state index in [1.54, 1.807) is 12.1 Å². The molecule has 0 radical (unpaired) electrons. The molecule has 0 fully saturated rings. The Labute approximate surface area is 117 Å². The third kappa shape index (κ3) is 2.31. The number of fused-ring (bicyclic) bond motifs is 1. The lowest BCUT2D eigenvalue weighted by Gasteiger charge is -2.12. The first-order valence-corrected chi connectivity index (χ1v) is 6.14. The fourth-order valence-electron chi connectivity index (χ4n) is 2.11. The van der Waals surface area contributed by atoms with Crippen molar-refractivity contribution in [2.45, 2.75) is 12.6 Å². The molecule has 0 aliphatic heterocycles. The van der Waals surface area contributed by atoms with E-state index in [1.807, 2.05) is 0 Å². The van der Waals surface area contributed by atoms with Gasteiger partial charge in [-0.2, -0.15) is 0 Å². The molecule has 1 unspecified atom stereocenters. The average Bonchev–Trinajstić information content (AvgIpc) is 2.78. The van der Waals surface area contributed by atoms with Crippen molar-refractivity contribution < 1.29 is 18.3 Å². The van der Waals surface area contributed by atoms with E-state index in [-0.39, 0.29) is 23.3 Å². The largest absolute Gasteiger partial charge is 0.421 e. The van der Waals surface area contributed by atoms with E-state index in [9.17, 15) is 18.7 Å². The van der Waals surface area contributed by atoms with Crippen molar-refractivity contribution in [2.75, 3.05) is 0 Å². The van der Waals surface area contributed by atoms with Crippen LogP contribution in [0, 0.1) is 11.6 Å². The SMILES string of the molecule is O=c1oc2cccnc2n1CC(O)c1cccc(F)c1F. The summed E-state index contributed by atoms with van der Waals surface area (Å²) in [7, 11) is 0. The number of aliphatic hydroxyl groups is 1. The molecule has 5 nitrogen and oxygen atoms in total. The van der Waals surface area contributed by atoms with Crippen LogP contribution in [0.3, 0.4) is 0 Å². The van der Waals surface area contributed by atoms with Crippen LogP contribution < -0.4 is 5.76 Å². The first-order valence-electron chi connectivity index (χ1n) is 6.14. The Kier molecular flexibility index (Phi) is 3.26. The number of aliphatic hydroxyl groups excluding tert-OH is 1. The Hall–Kier alpha value is -2.54. The van der Waals surface area contributed by atoms with Gasteiger partial charge in [0.25, 0.3) is 0 Å². The van der Waals surface area contributed by atoms with Gasteiger partial charge in [0.05, 0.1) is 6.54 Å². The fraction of sp³-hybridized carbons (Fsp3) is 0.143. The number of pyridine rings is 1. The van der Waals surface area contributed by atoms with Gasteiger partial charge in [0, 0.05) is 11.8 Å². The molecule has 7 heteroatoms. The molecule has 108 valence electrons. The van der Waals surface area contributed by atoms with E-state index in [1.165, 1.54) is 18.3 Å². The lowest BCUT2D eigenvalue weighted by Crippen LogP contribution is -2.20. The number of nitrogens with zero attached hydrogens (tertiary/aromatic N) is 2. The molecule has 0 aliphatic carbocycles. The Morgan fingerprint density at radius 2 is 2.10 bits per heavy atom. The minimum atomic E-state index is -1.40. The molecule has 2 heterocycles. The van der Waals surface area contributed by atoms with Gasteiger partial charge in [-0.05, 0) is 18.2 Å². The topological polar surface area (TPSA) is 68.3 Å². The second kappa shape index (κ2) is 5.10. The maximum absolute atomic E-state index is 13.6. The predicted octanol–water partition coefficient (Wildman–Crippen LogP) is 2.00. The van der Waals surface area contributed by atoms with Crippen molar-refractivity contribution >= 4 is 11.2 Å². The average molecular weight is 292 g/mol. The van der Waals surface area contributed by atoms with Crippen molar-refractivity contribution in [1.29, 1.82) is 0 Å². The van der Waals surface area contributed by atoms with Crippen LogP contribution in [0.4, 0.5) is 8.78 Å². The minimum Gasteiger partial charge on any atom is -0.406 e. The summed E-state index contributed by atoms with van der Waals surface area (Å²) in [5.41, 5.74) is 0.264. The molecular formula is C14H10F2N2O3. The lowest BCUT2D eigenvalue weighted by molar-refractivity contribution is 0.149. The number of benzene rings is 1. The smallest absolute Gasteiger partial charge is 0.406 e. The Balaban J connectivity index is 2.00. The van der Waals surface area contributed by atoms with Gasteiger partial charge in [0.15, 0.2) is 22.9 Å². The van der Waals surface area contributed by atoms with Gasteiger partial charge < -0.3 is 9.52 Å². The van der Waals surface area contributed by atoms with Crippen LogP contribution in [0.5, 0.6) is 0 Å². The van der Waals surface area contributed by atoms with E-state index in [4.69, 9.17) is 4.42 Å². The zero-order valence-corrected chi connectivity index (χ0v) is 10.7. The highest BCUT2D eigenvalue weighted by atomic mass is 19.2. The van der Waals surface area contributed by atoms with Crippen LogP contribution in [0.25, 0.3) is 11.2 Å². The quantitative estimate of drug-likeness (QED) is 0.801. The summed E-state index contributed by atoms with van der Waals surface area (Å²) < 4.78 is 32.8. The molecule has 21 heavy (non-hydrogen) atoms. The number of oxazole rings is 1. The summed E-state index contributed by atoms with van der Waals surface area (Å²) in [5.74, 6) is -2.92. The maximum atomic E-state index is 13.6. The summed E-state index contributed by atoms with van der Waals surface area (Å²) >= 11 is 0. The second-order valence-corrected chi connectivity index (χ2v) is 4.46. The van der Waals surface area contributed by atoms with Crippen LogP contribution in [0.15, 0.2) is 45.7 Å². The summed E-state index contributed by atoms with van der Waals surface area (Å²) in [6, 6.07) is 6.63. The molecule has 2 aromatic heterocycles. The van der Waals surface area contributed by atoms with Gasteiger partial charge in [0.1, 0.15) is 6.10 Å². The Morgan fingerprint density at radius 1 is 1.29 bits per heavy atom. The normalized spacial score (nSPS) is 12.7. The molecule has 0 saturated carbocycles. The standard InChI is InChI=1S/C14H10F2N2O3/c15-9-4-1-3-8(12(9)16)10(19)7-18-13-11(21-14(18)20)5-2-6-17-13/h1-6,10,19H,7H2. The van der Waals surface area contributed by atoms with Crippen LogP contribution in [-0.2, 0) is 6.54 Å². The third-order valence-corrected chi connectivity index (χ3v) is 3.12. The molecule has 1 N–H and O–H groups in total. The molecule has 0 bridgehead atoms. The summed E-state index contributed by atoms with van der Waals surface area (Å²) in [6.45, 7) is -0.288. The number of halogens is 2. The van der Waals surface area contributed by atoms with Gasteiger partial charge in [0.2, 0.25) is 0 Å². The van der Waals surface area contributed by atoms with E-state index in [0.717, 1.165) is 10.6 Å². The van der Waals surface area contributed by atoms with E-state index in [0.29, 0.717) is 0 Å². The summed E-state index contributed by atoms with van der Waals surface area (Å²) in [4.78, 5) is 15.7. The highest BCUT2D eigenvalue weighted by Crippen LogP contribution is 2.21. The first-order chi connectivity index (χ1) is 10.1. The zero-order valence-electron chi connectivity index (χ0n) is 10.7. The summed E-state index contributed by atoms with van der Waals surface area (Å²) in [5, 5.41) is 10.0. The molecule has 0 aliphatic rings. The molecule has 3 aromatic rings. The van der Waals surface area contributed by atoms with Crippen molar-refractivity contribution in [2.24, 2.45) is 0 Å². The van der Waals surface area contributed by atoms with E-state index < -0.39 is 23.5 Å². The second-order valence-electron chi connectivity index (χ2n) is 4.46. The number of hydrogen-bond donors (Lipinski definition) is 1. The van der Waals surface area contributed by atoms with Gasteiger partial charge in [-0.25, -0.2) is 18.6 Å². The highest BCUT2D eigenvalue weighted by molar-refractivity contribution is 5.67. The van der Waals surface area contributed by atoms with Gasteiger partial charge >= 0.3 is 5.76 Å². The molecular weight excluding hydrogens is 282 g/mol. The minimum absolute atomic E-state index is 0.229. The lowest BCUT2D eigenvalue weighted by atomic mass is 10.1. The van der Waals surface area contributed by atoms with Crippen LogP contribution >= 0.6 is 0 Å². The monoisotopic (exact) mass is 292 g/mol. The zero-order chi connectivity index (χ0) is 15.0. The molecule has 0 spiro atoms. The molecule has 0 amide bonds. The molecule has 0 saturated heterocycles. The van der Waals surface area contributed by atoms with Crippen molar-refractivity contribution in [3.63, 3.8) is 0 Å². The van der Waals surface area contributed by atoms with Gasteiger partial charge in [-0.1, -0.05) is 12.1 Å². The van der Waals surface area contributed by atoms with Gasteiger partial charge in [-0.3, -0.25) is 4.57 Å². The molecule has 1 aromatic carbocycles. The first kappa shape index (κ1) is 13.4. The van der Waals surface area contributed by atoms with E-state index >= 15 is 0 Å². The molecule has 3 rings (SSSR count). The van der Waals surface area contributed by atoms with Crippen molar-refractivity contribution in [3.05, 3.63) is 64.3 Å². The highest BCUT2D eigenvalue weighted by Gasteiger charge is 2.19. The predicted molar refractivity (Wildman–Crippen MR) is 69.6 cm³/mol.